The molecule has 1 fully saturated rings. The van der Waals surface area contributed by atoms with E-state index in [0.29, 0.717) is 5.57 Å². The summed E-state index contributed by atoms with van der Waals surface area (Å²) in [7, 11) is 0. The SMILES string of the molecule is C=C(/C(F)=C(\C)Cl)C(NC(=O)[C@@H](CC)CCC)C1CCC1. The van der Waals surface area contributed by atoms with Gasteiger partial charge in [-0.15, -0.1) is 0 Å². The third-order valence-electron chi connectivity index (χ3n) is 4.38. The second-order valence-corrected chi connectivity index (χ2v) is 6.51. The van der Waals surface area contributed by atoms with Gasteiger partial charge in [0, 0.05) is 11.5 Å². The quantitative estimate of drug-likeness (QED) is 0.621. The monoisotopic (exact) mass is 315 g/mol. The molecule has 1 saturated carbocycles. The molecule has 1 aliphatic carbocycles. The fourth-order valence-electron chi connectivity index (χ4n) is 2.76. The Kier molecular flexibility index (Phi) is 7.44. The van der Waals surface area contributed by atoms with Gasteiger partial charge >= 0.3 is 0 Å². The van der Waals surface area contributed by atoms with Crippen LogP contribution in [0.4, 0.5) is 4.39 Å². The highest BCUT2D eigenvalue weighted by Gasteiger charge is 2.33. The molecule has 0 saturated heterocycles. The Morgan fingerprint density at radius 1 is 1.43 bits per heavy atom. The van der Waals surface area contributed by atoms with Crippen molar-refractivity contribution in [3.8, 4) is 0 Å². The van der Waals surface area contributed by atoms with Crippen molar-refractivity contribution < 1.29 is 9.18 Å². The van der Waals surface area contributed by atoms with Crippen LogP contribution in [0.3, 0.4) is 0 Å². The van der Waals surface area contributed by atoms with Gasteiger partial charge in [0.15, 0.2) is 0 Å². The van der Waals surface area contributed by atoms with Crippen molar-refractivity contribution in [3.05, 3.63) is 23.0 Å². The van der Waals surface area contributed by atoms with E-state index in [2.05, 4.69) is 18.8 Å². The Morgan fingerprint density at radius 3 is 2.43 bits per heavy atom. The molecule has 1 rings (SSSR count). The molecule has 1 N–H and O–H groups in total. The average molecular weight is 316 g/mol. The van der Waals surface area contributed by atoms with E-state index in [-0.39, 0.29) is 28.8 Å². The molecular formula is C17H27ClFNO. The average Bonchev–Trinajstić information content (AvgIpc) is 2.39. The summed E-state index contributed by atoms with van der Waals surface area (Å²) < 4.78 is 14.1. The van der Waals surface area contributed by atoms with Gasteiger partial charge in [0.05, 0.1) is 11.1 Å². The van der Waals surface area contributed by atoms with Gasteiger partial charge in [-0.05, 0) is 38.5 Å². The fourth-order valence-corrected chi connectivity index (χ4v) is 2.88. The molecule has 21 heavy (non-hydrogen) atoms. The van der Waals surface area contributed by atoms with Gasteiger partial charge in [0.2, 0.25) is 5.91 Å². The maximum atomic E-state index is 14.1. The minimum Gasteiger partial charge on any atom is -0.349 e. The van der Waals surface area contributed by atoms with Gasteiger partial charge in [-0.2, -0.15) is 0 Å². The number of nitrogens with one attached hydrogen (secondary N) is 1. The summed E-state index contributed by atoms with van der Waals surface area (Å²) in [6.45, 7) is 9.42. The van der Waals surface area contributed by atoms with Crippen LogP contribution >= 0.6 is 11.6 Å². The highest BCUT2D eigenvalue weighted by atomic mass is 35.5. The number of hydrogen-bond acceptors (Lipinski definition) is 1. The fraction of sp³-hybridized carbons (Fsp3) is 0.706. The number of halogens is 2. The summed E-state index contributed by atoms with van der Waals surface area (Å²) >= 11 is 5.74. The minimum atomic E-state index is -0.489. The summed E-state index contributed by atoms with van der Waals surface area (Å²) in [5.74, 6) is -0.202. The van der Waals surface area contributed by atoms with E-state index < -0.39 is 5.83 Å². The zero-order valence-electron chi connectivity index (χ0n) is 13.3. The van der Waals surface area contributed by atoms with Crippen LogP contribution < -0.4 is 5.32 Å². The molecule has 0 aliphatic heterocycles. The van der Waals surface area contributed by atoms with Crippen molar-refractivity contribution in [3.63, 3.8) is 0 Å². The molecular weight excluding hydrogens is 289 g/mol. The molecule has 0 aromatic rings. The minimum absolute atomic E-state index is 0.00508. The molecule has 0 radical (unpaired) electrons. The third kappa shape index (κ3) is 4.84. The summed E-state index contributed by atoms with van der Waals surface area (Å²) in [6, 6.07) is -0.328. The van der Waals surface area contributed by atoms with Gasteiger partial charge in [-0.3, -0.25) is 4.79 Å². The molecule has 120 valence electrons. The Labute approximate surface area is 132 Å². The van der Waals surface area contributed by atoms with E-state index >= 15 is 0 Å². The first-order valence-electron chi connectivity index (χ1n) is 7.93. The van der Waals surface area contributed by atoms with Crippen LogP contribution in [0.15, 0.2) is 23.0 Å². The van der Waals surface area contributed by atoms with Gasteiger partial charge < -0.3 is 5.32 Å². The highest BCUT2D eigenvalue weighted by Crippen LogP contribution is 2.35. The van der Waals surface area contributed by atoms with Crippen LogP contribution in [-0.4, -0.2) is 11.9 Å². The predicted octanol–water partition coefficient (Wildman–Crippen LogP) is 5.09. The lowest BCUT2D eigenvalue weighted by Crippen LogP contribution is -2.46. The molecule has 1 aliphatic rings. The van der Waals surface area contributed by atoms with Crippen molar-refractivity contribution in [1.82, 2.24) is 5.32 Å². The summed E-state index contributed by atoms with van der Waals surface area (Å²) in [4.78, 5) is 12.4. The van der Waals surface area contributed by atoms with Crippen molar-refractivity contribution in [2.45, 2.75) is 65.3 Å². The van der Waals surface area contributed by atoms with Crippen LogP contribution in [0.5, 0.6) is 0 Å². The van der Waals surface area contributed by atoms with E-state index in [9.17, 15) is 9.18 Å². The largest absolute Gasteiger partial charge is 0.349 e. The summed E-state index contributed by atoms with van der Waals surface area (Å²) in [5.41, 5.74) is 0.312. The molecule has 0 aromatic heterocycles. The molecule has 2 nitrogen and oxygen atoms in total. The van der Waals surface area contributed by atoms with Crippen molar-refractivity contribution >= 4 is 17.5 Å². The van der Waals surface area contributed by atoms with Gasteiger partial charge in [0.25, 0.3) is 0 Å². The maximum absolute atomic E-state index is 14.1. The Hall–Kier alpha value is -0.830. The lowest BCUT2D eigenvalue weighted by Gasteiger charge is -2.36. The first-order chi connectivity index (χ1) is 9.92. The van der Waals surface area contributed by atoms with Crippen LogP contribution in [0, 0.1) is 11.8 Å². The van der Waals surface area contributed by atoms with Crippen LogP contribution in [0.25, 0.3) is 0 Å². The summed E-state index contributed by atoms with van der Waals surface area (Å²) in [5, 5.41) is 3.12. The van der Waals surface area contributed by atoms with Crippen LogP contribution in [0.1, 0.15) is 59.3 Å². The highest BCUT2D eigenvalue weighted by molar-refractivity contribution is 6.29. The molecule has 0 aromatic carbocycles. The topological polar surface area (TPSA) is 29.1 Å². The van der Waals surface area contributed by atoms with Gasteiger partial charge in [-0.1, -0.05) is 44.9 Å². The van der Waals surface area contributed by atoms with E-state index in [0.717, 1.165) is 38.5 Å². The number of rotatable bonds is 8. The van der Waals surface area contributed by atoms with Crippen LogP contribution in [0.2, 0.25) is 0 Å². The Balaban J connectivity index is 2.82. The predicted molar refractivity (Wildman–Crippen MR) is 86.8 cm³/mol. The zero-order chi connectivity index (χ0) is 16.0. The number of hydrogen-bond donors (Lipinski definition) is 1. The van der Waals surface area contributed by atoms with E-state index in [4.69, 9.17) is 11.6 Å². The second kappa shape index (κ2) is 8.57. The Morgan fingerprint density at radius 2 is 2.05 bits per heavy atom. The lowest BCUT2D eigenvalue weighted by molar-refractivity contribution is -0.126. The van der Waals surface area contributed by atoms with Crippen LogP contribution in [-0.2, 0) is 4.79 Å². The molecule has 0 heterocycles. The van der Waals surface area contributed by atoms with Crippen molar-refractivity contribution in [2.75, 3.05) is 0 Å². The van der Waals surface area contributed by atoms with E-state index in [1.165, 1.54) is 6.92 Å². The van der Waals surface area contributed by atoms with E-state index in [1.807, 2.05) is 6.92 Å². The van der Waals surface area contributed by atoms with Gasteiger partial charge in [-0.25, -0.2) is 4.39 Å². The second-order valence-electron chi connectivity index (χ2n) is 5.94. The smallest absolute Gasteiger partial charge is 0.223 e. The molecule has 1 amide bonds. The van der Waals surface area contributed by atoms with Crippen molar-refractivity contribution in [1.29, 1.82) is 0 Å². The molecule has 4 heteroatoms. The summed E-state index contributed by atoms with van der Waals surface area (Å²) in [6.07, 6.45) is 5.76. The number of carbonyl (C=O) groups excluding carboxylic acids is 1. The number of allylic oxidation sites excluding steroid dienone is 1. The maximum Gasteiger partial charge on any atom is 0.223 e. The first kappa shape index (κ1) is 18.2. The molecule has 1 unspecified atom stereocenters. The molecule has 0 bridgehead atoms. The zero-order valence-corrected chi connectivity index (χ0v) is 14.1. The molecule has 2 atom stereocenters. The number of carbonyl (C=O) groups is 1. The van der Waals surface area contributed by atoms with Gasteiger partial charge in [0.1, 0.15) is 5.83 Å². The standard InChI is InChI=1S/C17H27ClFNO/c1-5-8-13(6-2)17(21)20-16(14-9-7-10-14)11(3)15(19)12(4)18/h13-14,16H,3,5-10H2,1-2,4H3,(H,20,21)/b15-12-/t13-,16?/m0/s1. The molecule has 0 spiro atoms. The first-order valence-corrected chi connectivity index (χ1v) is 8.31. The third-order valence-corrected chi connectivity index (χ3v) is 4.55. The van der Waals surface area contributed by atoms with E-state index in [1.54, 1.807) is 0 Å². The lowest BCUT2D eigenvalue weighted by atomic mass is 9.76. The van der Waals surface area contributed by atoms with Crippen molar-refractivity contribution in [2.24, 2.45) is 11.8 Å². The normalized spacial score (nSPS) is 19.3. The Bertz CT molecular complexity index is 411. The number of amides is 1.